The van der Waals surface area contributed by atoms with Gasteiger partial charge in [-0.1, -0.05) is 12.1 Å². The fourth-order valence-electron chi connectivity index (χ4n) is 2.93. The highest BCUT2D eigenvalue weighted by molar-refractivity contribution is 5.30. The van der Waals surface area contributed by atoms with E-state index in [1.165, 1.54) is 18.4 Å². The molecular weight excluding hydrogens is 262 g/mol. The number of nitrogens with zero attached hydrogens (tertiary/aromatic N) is 2. The zero-order chi connectivity index (χ0) is 14.7. The van der Waals surface area contributed by atoms with Crippen LogP contribution in [0.5, 0.6) is 5.75 Å². The van der Waals surface area contributed by atoms with Crippen LogP contribution in [0.3, 0.4) is 0 Å². The van der Waals surface area contributed by atoms with E-state index in [4.69, 9.17) is 4.74 Å². The molecule has 0 aliphatic heterocycles. The van der Waals surface area contributed by atoms with Gasteiger partial charge in [0.1, 0.15) is 5.75 Å². The minimum absolute atomic E-state index is 0.654. The molecule has 0 atom stereocenters. The Morgan fingerprint density at radius 3 is 2.62 bits per heavy atom. The molecular formula is C17H23N3O. The summed E-state index contributed by atoms with van der Waals surface area (Å²) in [5, 5.41) is 8.02. The predicted octanol–water partition coefficient (Wildman–Crippen LogP) is 2.51. The van der Waals surface area contributed by atoms with Gasteiger partial charge in [0.25, 0.3) is 0 Å². The molecule has 1 aliphatic rings. The summed E-state index contributed by atoms with van der Waals surface area (Å²) in [4.78, 5) is 0. The van der Waals surface area contributed by atoms with Crippen LogP contribution in [0, 0.1) is 0 Å². The number of hydrogen-bond acceptors (Lipinski definition) is 3. The maximum absolute atomic E-state index is 5.20. The van der Waals surface area contributed by atoms with E-state index in [0.717, 1.165) is 24.4 Å². The molecule has 0 saturated heterocycles. The van der Waals surface area contributed by atoms with Gasteiger partial charge in [-0.3, -0.25) is 4.68 Å². The van der Waals surface area contributed by atoms with Crippen molar-refractivity contribution < 1.29 is 4.74 Å². The lowest BCUT2D eigenvalue weighted by molar-refractivity contribution is 0.292. The topological polar surface area (TPSA) is 39.1 Å². The summed E-state index contributed by atoms with van der Waals surface area (Å²) >= 11 is 0. The SMILES string of the molecule is COc1ccc(C2CC(NCCc3ccn(C)n3)C2)cc1. The average molecular weight is 285 g/mol. The van der Waals surface area contributed by atoms with E-state index >= 15 is 0 Å². The molecule has 4 nitrogen and oxygen atoms in total. The van der Waals surface area contributed by atoms with Crippen LogP contribution in [0.4, 0.5) is 0 Å². The standard InChI is InChI=1S/C17H23N3O/c1-20-10-8-15(19-20)7-9-18-16-11-14(12-16)13-3-5-17(21-2)6-4-13/h3-6,8,10,14,16,18H,7,9,11-12H2,1-2H3. The van der Waals surface area contributed by atoms with E-state index in [1.54, 1.807) is 7.11 Å². The Hall–Kier alpha value is -1.81. The van der Waals surface area contributed by atoms with Gasteiger partial charge in [0.05, 0.1) is 12.8 Å². The molecule has 1 fully saturated rings. The van der Waals surface area contributed by atoms with E-state index in [0.29, 0.717) is 12.0 Å². The number of rotatable bonds is 6. The molecule has 1 aromatic heterocycles. The molecule has 1 aliphatic carbocycles. The first-order chi connectivity index (χ1) is 10.2. The van der Waals surface area contributed by atoms with Crippen LogP contribution in [0.25, 0.3) is 0 Å². The smallest absolute Gasteiger partial charge is 0.118 e. The minimum Gasteiger partial charge on any atom is -0.497 e. The van der Waals surface area contributed by atoms with Crippen LogP contribution in [0.1, 0.15) is 30.0 Å². The van der Waals surface area contributed by atoms with Gasteiger partial charge in [0, 0.05) is 32.3 Å². The summed E-state index contributed by atoms with van der Waals surface area (Å²) < 4.78 is 7.06. The normalized spacial score (nSPS) is 21.0. The Labute approximate surface area is 126 Å². The third-order valence-electron chi connectivity index (χ3n) is 4.31. The van der Waals surface area contributed by atoms with Crippen molar-refractivity contribution in [3.8, 4) is 5.75 Å². The van der Waals surface area contributed by atoms with Gasteiger partial charge in [0.2, 0.25) is 0 Å². The molecule has 0 spiro atoms. The van der Waals surface area contributed by atoms with Gasteiger partial charge in [-0.15, -0.1) is 0 Å². The summed E-state index contributed by atoms with van der Waals surface area (Å²) in [5.74, 6) is 1.63. The Balaban J connectivity index is 1.39. The predicted molar refractivity (Wildman–Crippen MR) is 83.7 cm³/mol. The van der Waals surface area contributed by atoms with E-state index in [2.05, 4.69) is 40.7 Å². The molecule has 112 valence electrons. The first kappa shape index (κ1) is 14.1. The van der Waals surface area contributed by atoms with Gasteiger partial charge in [-0.05, 0) is 42.5 Å². The summed E-state index contributed by atoms with van der Waals surface area (Å²) in [7, 11) is 3.67. The second-order valence-electron chi connectivity index (χ2n) is 5.82. The zero-order valence-corrected chi connectivity index (χ0v) is 12.7. The van der Waals surface area contributed by atoms with Crippen LogP contribution in [0.2, 0.25) is 0 Å². The highest BCUT2D eigenvalue weighted by Gasteiger charge is 2.29. The summed E-state index contributed by atoms with van der Waals surface area (Å²) in [6.45, 7) is 1.01. The van der Waals surface area contributed by atoms with E-state index < -0.39 is 0 Å². The summed E-state index contributed by atoms with van der Waals surface area (Å²) in [6, 6.07) is 11.2. The number of aromatic nitrogens is 2. The third-order valence-corrected chi connectivity index (χ3v) is 4.31. The van der Waals surface area contributed by atoms with Gasteiger partial charge in [-0.2, -0.15) is 5.10 Å². The molecule has 3 rings (SSSR count). The second kappa shape index (κ2) is 6.31. The van der Waals surface area contributed by atoms with Crippen LogP contribution in [0.15, 0.2) is 36.5 Å². The van der Waals surface area contributed by atoms with Gasteiger partial charge < -0.3 is 10.1 Å². The highest BCUT2D eigenvalue weighted by atomic mass is 16.5. The first-order valence-electron chi connectivity index (χ1n) is 7.60. The van der Waals surface area contributed by atoms with Crippen molar-refractivity contribution in [2.75, 3.05) is 13.7 Å². The summed E-state index contributed by atoms with van der Waals surface area (Å²) in [6.07, 6.45) is 5.46. The van der Waals surface area contributed by atoms with Crippen molar-refractivity contribution in [3.05, 3.63) is 47.8 Å². The maximum Gasteiger partial charge on any atom is 0.118 e. The number of nitrogens with one attached hydrogen (secondary N) is 1. The van der Waals surface area contributed by atoms with Crippen molar-refractivity contribution in [1.82, 2.24) is 15.1 Å². The highest BCUT2D eigenvalue weighted by Crippen LogP contribution is 2.37. The van der Waals surface area contributed by atoms with Crippen molar-refractivity contribution >= 4 is 0 Å². The first-order valence-corrected chi connectivity index (χ1v) is 7.60. The quantitative estimate of drug-likeness (QED) is 0.886. The Bertz CT molecular complexity index is 570. The summed E-state index contributed by atoms with van der Waals surface area (Å²) in [5.41, 5.74) is 2.59. The van der Waals surface area contributed by atoms with E-state index in [1.807, 2.05) is 17.9 Å². The molecule has 0 bridgehead atoms. The van der Waals surface area contributed by atoms with Crippen molar-refractivity contribution in [2.45, 2.75) is 31.2 Å². The van der Waals surface area contributed by atoms with E-state index in [-0.39, 0.29) is 0 Å². The molecule has 1 aromatic carbocycles. The molecule has 1 heterocycles. The zero-order valence-electron chi connectivity index (χ0n) is 12.7. The van der Waals surface area contributed by atoms with Crippen LogP contribution in [-0.4, -0.2) is 29.5 Å². The molecule has 0 amide bonds. The number of ether oxygens (including phenoxy) is 1. The molecule has 4 heteroatoms. The Morgan fingerprint density at radius 1 is 1.24 bits per heavy atom. The second-order valence-corrected chi connectivity index (χ2v) is 5.82. The molecule has 1 saturated carbocycles. The number of methoxy groups -OCH3 is 1. The van der Waals surface area contributed by atoms with Crippen molar-refractivity contribution in [1.29, 1.82) is 0 Å². The monoisotopic (exact) mass is 285 g/mol. The van der Waals surface area contributed by atoms with Crippen LogP contribution in [-0.2, 0) is 13.5 Å². The fourth-order valence-corrected chi connectivity index (χ4v) is 2.93. The molecule has 2 aromatic rings. The number of aryl methyl sites for hydroxylation is 1. The van der Waals surface area contributed by atoms with E-state index in [9.17, 15) is 0 Å². The lowest BCUT2D eigenvalue weighted by atomic mass is 9.76. The maximum atomic E-state index is 5.20. The van der Waals surface area contributed by atoms with Gasteiger partial charge >= 0.3 is 0 Å². The Morgan fingerprint density at radius 2 is 2.00 bits per heavy atom. The molecule has 21 heavy (non-hydrogen) atoms. The largest absolute Gasteiger partial charge is 0.497 e. The lowest BCUT2D eigenvalue weighted by Crippen LogP contribution is -2.40. The number of benzene rings is 1. The average Bonchev–Trinajstić information content (AvgIpc) is 2.87. The minimum atomic E-state index is 0.654. The van der Waals surface area contributed by atoms with Crippen molar-refractivity contribution in [3.63, 3.8) is 0 Å². The van der Waals surface area contributed by atoms with Crippen LogP contribution >= 0.6 is 0 Å². The number of hydrogen-bond donors (Lipinski definition) is 1. The third kappa shape index (κ3) is 3.45. The molecule has 0 unspecified atom stereocenters. The van der Waals surface area contributed by atoms with Crippen molar-refractivity contribution in [2.24, 2.45) is 7.05 Å². The fraction of sp³-hybridized carbons (Fsp3) is 0.471. The lowest BCUT2D eigenvalue weighted by Gasteiger charge is -2.36. The van der Waals surface area contributed by atoms with Gasteiger partial charge in [-0.25, -0.2) is 0 Å². The molecule has 1 N–H and O–H groups in total. The van der Waals surface area contributed by atoms with Gasteiger partial charge in [0.15, 0.2) is 0 Å². The Kier molecular flexibility index (Phi) is 4.25. The van der Waals surface area contributed by atoms with Crippen LogP contribution < -0.4 is 10.1 Å². The molecule has 0 radical (unpaired) electrons.